The van der Waals surface area contributed by atoms with Crippen molar-refractivity contribution < 1.29 is 6.16 Å². The van der Waals surface area contributed by atoms with Crippen LogP contribution in [0.25, 0.3) is 5.82 Å². The van der Waals surface area contributed by atoms with Gasteiger partial charge in [-0.05, 0) is 37.1 Å². The molecule has 0 saturated carbocycles. The van der Waals surface area contributed by atoms with Gasteiger partial charge in [0.2, 0.25) is 5.95 Å². The summed E-state index contributed by atoms with van der Waals surface area (Å²) < 4.78 is 6.98. The largest absolute Gasteiger partial charge is 0.378 e. The third kappa shape index (κ3) is 4.12. The fourth-order valence-corrected chi connectivity index (χ4v) is 3.98. The van der Waals surface area contributed by atoms with Crippen LogP contribution in [0, 0.1) is 6.92 Å². The van der Waals surface area contributed by atoms with E-state index in [9.17, 15) is 0 Å². The highest BCUT2D eigenvalue weighted by Crippen LogP contribution is 2.26. The maximum absolute atomic E-state index is 5.37. The van der Waals surface area contributed by atoms with E-state index in [1.54, 1.807) is 29.6 Å². The smallest absolute Gasteiger partial charge is 0.247 e. The predicted molar refractivity (Wildman–Crippen MR) is 117 cm³/mol. The molecule has 1 aromatic carbocycles. The molecule has 0 atom stereocenters. The summed E-state index contributed by atoms with van der Waals surface area (Å²) in [6.07, 6.45) is 7.72. The van der Waals surface area contributed by atoms with E-state index >= 15 is 0 Å². The van der Waals surface area contributed by atoms with E-state index in [2.05, 4.69) is 60.3 Å². The number of ether oxygens (including phenoxy) is 1. The number of aromatic nitrogens is 5. The number of aryl methyl sites for hydroxylation is 1. The van der Waals surface area contributed by atoms with E-state index in [4.69, 9.17) is 4.74 Å². The Bertz CT molecular complexity index is 994. The second-order valence-corrected chi connectivity index (χ2v) is 7.83. The van der Waals surface area contributed by atoms with Gasteiger partial charge in [-0.15, -0.1) is 5.10 Å². The maximum atomic E-state index is 5.37. The highest BCUT2D eigenvalue weighted by atomic mass is 16.5. The van der Waals surface area contributed by atoms with Crippen LogP contribution in [-0.2, 0) is 4.74 Å². The molecule has 9 nitrogen and oxygen atoms in total. The van der Waals surface area contributed by atoms with E-state index in [1.165, 1.54) is 11.3 Å². The lowest BCUT2D eigenvalue weighted by atomic mass is 10.1. The number of benzene rings is 1. The first-order valence-corrected chi connectivity index (χ1v) is 10.4. The van der Waals surface area contributed by atoms with Crippen LogP contribution in [0.3, 0.4) is 0 Å². The summed E-state index contributed by atoms with van der Waals surface area (Å²) >= 11 is 0. The molecule has 2 aliphatic heterocycles. The number of hydrogen-bond donors (Lipinski definition) is 1. The minimum absolute atomic E-state index is 0. The van der Waals surface area contributed by atoms with E-state index in [0.717, 1.165) is 51.5 Å². The van der Waals surface area contributed by atoms with Gasteiger partial charge in [0.25, 0.3) is 0 Å². The molecule has 30 heavy (non-hydrogen) atoms. The Labute approximate surface area is 177 Å². The summed E-state index contributed by atoms with van der Waals surface area (Å²) in [5, 5.41) is 7.80. The summed E-state index contributed by atoms with van der Waals surface area (Å²) in [4.78, 5) is 17.7. The SMILES string of the molecule is Cc1cc(Nc2ncn(-c3cnccn3)n2)cc(N2CCCN(C3COC3)CC2)c1.[HH]. The quantitative estimate of drug-likeness (QED) is 0.688. The Morgan fingerprint density at radius 1 is 1.07 bits per heavy atom. The van der Waals surface area contributed by atoms with Crippen molar-refractivity contribution in [3.8, 4) is 5.82 Å². The van der Waals surface area contributed by atoms with Crippen molar-refractivity contribution in [3.05, 3.63) is 48.7 Å². The lowest BCUT2D eigenvalue weighted by molar-refractivity contribution is -0.0625. The van der Waals surface area contributed by atoms with Gasteiger partial charge >= 0.3 is 0 Å². The first-order chi connectivity index (χ1) is 14.7. The van der Waals surface area contributed by atoms with Crippen molar-refractivity contribution in [3.63, 3.8) is 0 Å². The Hall–Kier alpha value is -3.04. The molecule has 3 aromatic rings. The second kappa shape index (κ2) is 8.37. The molecule has 9 heteroatoms. The first-order valence-electron chi connectivity index (χ1n) is 10.4. The number of hydrogen-bond acceptors (Lipinski definition) is 8. The van der Waals surface area contributed by atoms with Gasteiger partial charge in [-0.3, -0.25) is 9.88 Å². The molecule has 0 bridgehead atoms. The van der Waals surface area contributed by atoms with Crippen molar-refractivity contribution in [1.82, 2.24) is 29.6 Å². The molecule has 158 valence electrons. The normalized spacial score (nSPS) is 18.1. The molecule has 4 heterocycles. The average molecular weight is 409 g/mol. The van der Waals surface area contributed by atoms with Crippen molar-refractivity contribution in [2.45, 2.75) is 19.4 Å². The predicted octanol–water partition coefficient (Wildman–Crippen LogP) is 2.27. The van der Waals surface area contributed by atoms with Crippen LogP contribution in [0.5, 0.6) is 0 Å². The van der Waals surface area contributed by atoms with Crippen molar-refractivity contribution >= 4 is 17.3 Å². The highest BCUT2D eigenvalue weighted by Gasteiger charge is 2.27. The molecule has 2 saturated heterocycles. The third-order valence-electron chi connectivity index (χ3n) is 5.63. The summed E-state index contributed by atoms with van der Waals surface area (Å²) in [5.41, 5.74) is 3.42. The van der Waals surface area contributed by atoms with Crippen LogP contribution in [0.1, 0.15) is 13.4 Å². The first kappa shape index (κ1) is 19.0. The summed E-state index contributed by atoms with van der Waals surface area (Å²) in [6.45, 7) is 8.20. The van der Waals surface area contributed by atoms with Gasteiger partial charge < -0.3 is 15.0 Å². The molecule has 0 spiro atoms. The van der Waals surface area contributed by atoms with E-state index < -0.39 is 0 Å². The Morgan fingerprint density at radius 3 is 2.80 bits per heavy atom. The fourth-order valence-electron chi connectivity index (χ4n) is 3.98. The summed E-state index contributed by atoms with van der Waals surface area (Å²) in [7, 11) is 0. The summed E-state index contributed by atoms with van der Waals surface area (Å²) in [5.74, 6) is 1.16. The zero-order valence-corrected chi connectivity index (χ0v) is 17.1. The molecule has 2 aromatic heterocycles. The number of nitrogens with zero attached hydrogens (tertiary/aromatic N) is 7. The average Bonchev–Trinajstić information content (AvgIpc) is 3.04. The Kier molecular flexibility index (Phi) is 5.29. The Morgan fingerprint density at radius 2 is 2.00 bits per heavy atom. The zero-order valence-electron chi connectivity index (χ0n) is 17.1. The van der Waals surface area contributed by atoms with Crippen LogP contribution in [0.15, 0.2) is 43.1 Å². The fraction of sp³-hybridized carbons (Fsp3) is 0.429. The minimum atomic E-state index is 0. The molecule has 0 unspecified atom stereocenters. The van der Waals surface area contributed by atoms with Crippen LogP contribution in [0.4, 0.5) is 17.3 Å². The van der Waals surface area contributed by atoms with Gasteiger partial charge in [0.1, 0.15) is 6.33 Å². The lowest BCUT2D eigenvalue weighted by Crippen LogP contribution is -2.50. The second-order valence-electron chi connectivity index (χ2n) is 7.83. The van der Waals surface area contributed by atoms with E-state index in [-0.39, 0.29) is 1.43 Å². The van der Waals surface area contributed by atoms with Gasteiger partial charge in [-0.2, -0.15) is 9.67 Å². The molecule has 0 radical (unpaired) electrons. The molecule has 2 aliphatic rings. The zero-order chi connectivity index (χ0) is 20.3. The van der Waals surface area contributed by atoms with Gasteiger partial charge in [-0.25, -0.2) is 4.98 Å². The Balaban J connectivity index is 0.00000231. The van der Waals surface area contributed by atoms with Crippen molar-refractivity contribution in [2.24, 2.45) is 0 Å². The third-order valence-corrected chi connectivity index (χ3v) is 5.63. The number of nitrogens with one attached hydrogen (secondary N) is 1. The van der Waals surface area contributed by atoms with Gasteiger partial charge in [-0.1, -0.05) is 0 Å². The molecular formula is C21H28N8O. The molecule has 1 N–H and O–H groups in total. The van der Waals surface area contributed by atoms with E-state index in [1.807, 2.05) is 0 Å². The molecular weight excluding hydrogens is 380 g/mol. The molecule has 5 rings (SSSR count). The number of anilines is 3. The lowest BCUT2D eigenvalue weighted by Gasteiger charge is -2.36. The minimum Gasteiger partial charge on any atom is -0.378 e. The standard InChI is InChI=1S/C21H26N8O.H2/c1-16-9-17(25-21-24-15-29(26-21)20-12-22-3-4-23-20)11-18(10-16)27-5-2-6-28(8-7-27)19-13-30-14-19;/h3-4,9-12,15,19H,2,5-8,13-14H2,1H3,(H,25,26);1H. The summed E-state index contributed by atoms with van der Waals surface area (Å²) in [6, 6.07) is 7.15. The monoisotopic (exact) mass is 408 g/mol. The van der Waals surface area contributed by atoms with Gasteiger partial charge in [0, 0.05) is 51.4 Å². The van der Waals surface area contributed by atoms with Crippen LogP contribution >= 0.6 is 0 Å². The van der Waals surface area contributed by atoms with Crippen LogP contribution in [0.2, 0.25) is 0 Å². The molecule has 0 aliphatic carbocycles. The molecule has 0 amide bonds. The van der Waals surface area contributed by atoms with Gasteiger partial charge in [0.15, 0.2) is 5.82 Å². The topological polar surface area (TPSA) is 84.2 Å². The molecule has 2 fully saturated rings. The number of rotatable bonds is 5. The van der Waals surface area contributed by atoms with Crippen LogP contribution in [-0.4, -0.2) is 75.1 Å². The highest BCUT2D eigenvalue weighted by molar-refractivity contribution is 5.64. The van der Waals surface area contributed by atoms with Crippen LogP contribution < -0.4 is 10.2 Å². The van der Waals surface area contributed by atoms with Gasteiger partial charge in [0.05, 0.1) is 25.5 Å². The maximum Gasteiger partial charge on any atom is 0.247 e. The van der Waals surface area contributed by atoms with E-state index in [0.29, 0.717) is 17.8 Å². The van der Waals surface area contributed by atoms with Crippen molar-refractivity contribution in [2.75, 3.05) is 49.6 Å². The van der Waals surface area contributed by atoms with Crippen molar-refractivity contribution in [1.29, 1.82) is 0 Å².